The molecular formula is C27H22ClN7O3. The van der Waals surface area contributed by atoms with E-state index in [0.29, 0.717) is 33.7 Å². The number of aromatic nitrogens is 7. The maximum atomic E-state index is 13.4. The van der Waals surface area contributed by atoms with Gasteiger partial charge in [-0.25, -0.2) is 9.78 Å². The molecule has 190 valence electrons. The summed E-state index contributed by atoms with van der Waals surface area (Å²) in [6.45, 7) is 0. The maximum Gasteiger partial charge on any atom is 0.335 e. The lowest BCUT2D eigenvalue weighted by Gasteiger charge is -2.16. The van der Waals surface area contributed by atoms with Crippen LogP contribution in [0.2, 0.25) is 5.02 Å². The fourth-order valence-corrected chi connectivity index (χ4v) is 4.82. The van der Waals surface area contributed by atoms with Crippen molar-refractivity contribution in [2.24, 2.45) is 5.92 Å². The van der Waals surface area contributed by atoms with Crippen molar-refractivity contribution in [3.8, 4) is 28.1 Å². The summed E-state index contributed by atoms with van der Waals surface area (Å²) in [4.78, 5) is 19.2. The molecule has 1 fully saturated rings. The number of benzene rings is 2. The van der Waals surface area contributed by atoms with E-state index in [4.69, 9.17) is 16.7 Å². The lowest BCUT2D eigenvalue weighted by Crippen LogP contribution is -2.34. The van der Waals surface area contributed by atoms with Gasteiger partial charge in [-0.1, -0.05) is 36.6 Å². The summed E-state index contributed by atoms with van der Waals surface area (Å²) in [7, 11) is 0. The van der Waals surface area contributed by atoms with Gasteiger partial charge in [0.1, 0.15) is 18.1 Å². The zero-order valence-electron chi connectivity index (χ0n) is 20.0. The Balaban J connectivity index is 1.35. The van der Waals surface area contributed by atoms with Crippen molar-refractivity contribution >= 4 is 17.6 Å². The molecule has 0 radical (unpaired) electrons. The molecule has 3 heterocycles. The number of imidazole rings is 1. The smallest absolute Gasteiger partial charge is 0.335 e. The van der Waals surface area contributed by atoms with Crippen LogP contribution in [0.5, 0.6) is 0 Å². The number of aromatic amines is 1. The van der Waals surface area contributed by atoms with Crippen molar-refractivity contribution < 1.29 is 14.6 Å². The standard InChI is InChI=1S/C27H22ClN7O3/c28-20-8-10-24(34-15-30-32-33-34)21(12-20)19-7-9-25(35(38)14-19)22(11-16-1-2-16)26-29-13-23(31-26)17-3-5-18(6-4-17)27(36)37/h3-10,12-16,22H,1-2,11H2,(H,29,31)(H,36,37). The monoisotopic (exact) mass is 527 g/mol. The molecule has 5 aromatic rings. The summed E-state index contributed by atoms with van der Waals surface area (Å²) in [6, 6.07) is 15.7. The lowest BCUT2D eigenvalue weighted by atomic mass is 9.95. The van der Waals surface area contributed by atoms with Crippen molar-refractivity contribution in [3.63, 3.8) is 0 Å². The van der Waals surface area contributed by atoms with E-state index in [9.17, 15) is 10.0 Å². The van der Waals surface area contributed by atoms with Gasteiger partial charge in [0.05, 0.1) is 23.1 Å². The zero-order valence-corrected chi connectivity index (χ0v) is 20.8. The molecule has 0 spiro atoms. The number of halogens is 1. The predicted molar refractivity (Wildman–Crippen MR) is 139 cm³/mol. The topological polar surface area (TPSA) is 137 Å². The molecule has 1 atom stereocenters. The predicted octanol–water partition coefficient (Wildman–Crippen LogP) is 4.64. The Bertz CT molecular complexity index is 1610. The number of hydrogen-bond donors (Lipinski definition) is 2. The van der Waals surface area contributed by atoms with Crippen LogP contribution in [0.25, 0.3) is 28.1 Å². The number of aromatic carboxylic acids is 1. The Hall–Kier alpha value is -4.57. The van der Waals surface area contributed by atoms with Crippen LogP contribution in [0.15, 0.2) is 73.3 Å². The summed E-state index contributed by atoms with van der Waals surface area (Å²) in [6.07, 6.45) is 7.83. The molecule has 6 rings (SSSR count). The van der Waals surface area contributed by atoms with Crippen LogP contribution in [-0.4, -0.2) is 41.3 Å². The van der Waals surface area contributed by atoms with Gasteiger partial charge in [0, 0.05) is 22.2 Å². The number of carboxylic acid groups (broad SMARTS) is 1. The van der Waals surface area contributed by atoms with Crippen LogP contribution in [-0.2, 0) is 0 Å². The molecule has 2 aromatic carbocycles. The van der Waals surface area contributed by atoms with Crippen LogP contribution in [0.4, 0.5) is 0 Å². The van der Waals surface area contributed by atoms with E-state index in [1.807, 2.05) is 12.1 Å². The highest BCUT2D eigenvalue weighted by molar-refractivity contribution is 6.31. The molecule has 2 N–H and O–H groups in total. The molecule has 0 amide bonds. The Morgan fingerprint density at radius 3 is 2.63 bits per heavy atom. The van der Waals surface area contributed by atoms with E-state index >= 15 is 0 Å². The summed E-state index contributed by atoms with van der Waals surface area (Å²) in [5.74, 6) is 0.0446. The molecule has 3 aromatic heterocycles. The summed E-state index contributed by atoms with van der Waals surface area (Å²) < 4.78 is 2.43. The highest BCUT2D eigenvalue weighted by Gasteiger charge is 2.33. The van der Waals surface area contributed by atoms with Gasteiger partial charge < -0.3 is 15.3 Å². The van der Waals surface area contributed by atoms with Crippen molar-refractivity contribution in [1.29, 1.82) is 0 Å². The molecule has 0 saturated heterocycles. The van der Waals surface area contributed by atoms with Crippen LogP contribution in [0.1, 0.15) is 47.1 Å². The average Bonchev–Trinajstić information content (AvgIpc) is 3.36. The van der Waals surface area contributed by atoms with Gasteiger partial charge in [0.25, 0.3) is 0 Å². The van der Waals surface area contributed by atoms with Crippen molar-refractivity contribution in [3.05, 3.63) is 101 Å². The van der Waals surface area contributed by atoms with Gasteiger partial charge >= 0.3 is 5.97 Å². The summed E-state index contributed by atoms with van der Waals surface area (Å²) >= 11 is 6.28. The molecule has 1 unspecified atom stereocenters. The third kappa shape index (κ3) is 4.73. The third-order valence-electron chi connectivity index (χ3n) is 6.80. The first-order chi connectivity index (χ1) is 18.5. The Morgan fingerprint density at radius 2 is 1.95 bits per heavy atom. The minimum Gasteiger partial charge on any atom is -0.618 e. The molecule has 0 bridgehead atoms. The first kappa shape index (κ1) is 23.8. The second-order valence-corrected chi connectivity index (χ2v) is 9.82. The van der Waals surface area contributed by atoms with Crippen LogP contribution < -0.4 is 4.73 Å². The number of carbonyl (C=O) groups is 1. The lowest BCUT2D eigenvalue weighted by molar-refractivity contribution is -0.614. The molecule has 11 heteroatoms. The average molecular weight is 528 g/mol. The largest absolute Gasteiger partial charge is 0.618 e. The van der Waals surface area contributed by atoms with Crippen LogP contribution >= 0.6 is 11.6 Å². The van der Waals surface area contributed by atoms with Gasteiger partial charge in [-0.2, -0.15) is 9.41 Å². The third-order valence-corrected chi connectivity index (χ3v) is 7.04. The fourth-order valence-electron chi connectivity index (χ4n) is 4.64. The summed E-state index contributed by atoms with van der Waals surface area (Å²) in [5, 5.41) is 34.5. The van der Waals surface area contributed by atoms with Crippen LogP contribution in [0, 0.1) is 11.1 Å². The number of pyridine rings is 1. The van der Waals surface area contributed by atoms with E-state index in [1.165, 1.54) is 11.0 Å². The molecule has 10 nitrogen and oxygen atoms in total. The molecule has 38 heavy (non-hydrogen) atoms. The zero-order chi connectivity index (χ0) is 26.2. The Labute approximate surface area is 222 Å². The van der Waals surface area contributed by atoms with E-state index in [0.717, 1.165) is 40.8 Å². The van der Waals surface area contributed by atoms with Crippen molar-refractivity contribution in [2.75, 3.05) is 0 Å². The Kier molecular flexibility index (Phi) is 6.09. The highest BCUT2D eigenvalue weighted by atomic mass is 35.5. The fraction of sp³-hybridized carbons (Fsp3) is 0.185. The number of carboxylic acids is 1. The number of nitrogens with one attached hydrogen (secondary N) is 1. The highest BCUT2D eigenvalue weighted by Crippen LogP contribution is 2.41. The number of nitrogens with zero attached hydrogens (tertiary/aromatic N) is 6. The van der Waals surface area contributed by atoms with Gasteiger partial charge in [-0.15, -0.1) is 5.10 Å². The second-order valence-electron chi connectivity index (χ2n) is 9.38. The molecular weight excluding hydrogens is 506 g/mol. The SMILES string of the molecule is O=C(O)c1ccc(-c2cnc(C(CC3CC3)c3ccc(-c4cc(Cl)ccc4-n4cnnn4)c[n+]3[O-])[nH]2)cc1. The van der Waals surface area contributed by atoms with Gasteiger partial charge in [0.15, 0.2) is 6.20 Å². The number of rotatable bonds is 8. The second kappa shape index (κ2) is 9.71. The van der Waals surface area contributed by atoms with Crippen molar-refractivity contribution in [1.82, 2.24) is 30.2 Å². The molecule has 1 saturated carbocycles. The molecule has 0 aliphatic heterocycles. The van der Waals surface area contributed by atoms with E-state index in [1.54, 1.807) is 54.9 Å². The van der Waals surface area contributed by atoms with Crippen LogP contribution in [0.3, 0.4) is 0 Å². The number of tetrazole rings is 1. The molecule has 1 aliphatic carbocycles. The number of H-pyrrole nitrogens is 1. The summed E-state index contributed by atoms with van der Waals surface area (Å²) in [5.41, 5.74) is 4.50. The van der Waals surface area contributed by atoms with Gasteiger partial charge in [-0.3, -0.25) is 0 Å². The van der Waals surface area contributed by atoms with E-state index in [2.05, 4.69) is 25.5 Å². The normalized spacial score (nSPS) is 13.9. The minimum atomic E-state index is -0.974. The minimum absolute atomic E-state index is 0.218. The van der Waals surface area contributed by atoms with Gasteiger partial charge in [-0.05, 0) is 64.7 Å². The quantitative estimate of drug-likeness (QED) is 0.221. The van der Waals surface area contributed by atoms with Gasteiger partial charge in [0.2, 0.25) is 5.69 Å². The van der Waals surface area contributed by atoms with Crippen molar-refractivity contribution in [2.45, 2.75) is 25.2 Å². The number of hydrogen-bond acceptors (Lipinski definition) is 6. The Morgan fingerprint density at radius 1 is 1.16 bits per heavy atom. The first-order valence-electron chi connectivity index (χ1n) is 12.1. The van der Waals surface area contributed by atoms with E-state index < -0.39 is 5.97 Å². The van der Waals surface area contributed by atoms with E-state index in [-0.39, 0.29) is 11.5 Å². The molecule has 1 aliphatic rings. The first-order valence-corrected chi connectivity index (χ1v) is 12.5. The maximum absolute atomic E-state index is 13.4.